The Bertz CT molecular complexity index is 1620. The number of nitrogen functional groups attached to an aromatic ring is 1. The van der Waals surface area contributed by atoms with E-state index in [2.05, 4.69) is 21.9 Å². The standard InChI is InChI=1S/C27H22F3N5O/c1-27(12-36-13-27)11-35-10-22(23-25(31)33-14-34-26(23)35)20-3-2-16-7-19(32-9-21(16)24(20)30)6-15-4-17(28)8-18(29)5-15/h2-5,7-10,14H,6,11-13H2,1H3,(H2,31,33,34). The predicted octanol–water partition coefficient (Wildman–Crippen LogP) is 5.27. The van der Waals surface area contributed by atoms with Gasteiger partial charge in [0.05, 0.1) is 18.6 Å². The number of nitrogens with two attached hydrogens (primary N) is 1. The summed E-state index contributed by atoms with van der Waals surface area (Å²) in [7, 11) is 0. The van der Waals surface area contributed by atoms with Gasteiger partial charge in [0.2, 0.25) is 0 Å². The minimum atomic E-state index is -0.650. The predicted molar refractivity (Wildman–Crippen MR) is 131 cm³/mol. The molecule has 0 radical (unpaired) electrons. The van der Waals surface area contributed by atoms with Crippen molar-refractivity contribution in [2.75, 3.05) is 18.9 Å². The van der Waals surface area contributed by atoms with Crippen molar-refractivity contribution in [2.24, 2.45) is 5.41 Å². The molecule has 4 heterocycles. The normalized spacial score (nSPS) is 14.9. The molecule has 0 aliphatic carbocycles. The SMILES string of the molecule is CC1(Cn2cc(-c3ccc4cc(Cc5cc(F)cc(F)c5)ncc4c3F)c3c(N)ncnc32)COC1. The van der Waals surface area contributed by atoms with Crippen molar-refractivity contribution >= 4 is 27.6 Å². The van der Waals surface area contributed by atoms with Crippen LogP contribution < -0.4 is 5.73 Å². The van der Waals surface area contributed by atoms with E-state index in [1.165, 1.54) is 24.7 Å². The molecule has 36 heavy (non-hydrogen) atoms. The van der Waals surface area contributed by atoms with E-state index in [4.69, 9.17) is 10.5 Å². The third-order valence-electron chi connectivity index (χ3n) is 6.63. The van der Waals surface area contributed by atoms with Gasteiger partial charge in [0, 0.05) is 59.0 Å². The number of fused-ring (bicyclic) bond motifs is 2. The van der Waals surface area contributed by atoms with Gasteiger partial charge in [0.15, 0.2) is 0 Å². The summed E-state index contributed by atoms with van der Waals surface area (Å²) in [6.45, 7) is 4.07. The van der Waals surface area contributed by atoms with E-state index < -0.39 is 17.5 Å². The third kappa shape index (κ3) is 3.85. The lowest BCUT2D eigenvalue weighted by Crippen LogP contribution is -2.43. The zero-order chi connectivity index (χ0) is 25.0. The average molecular weight is 490 g/mol. The van der Waals surface area contributed by atoms with Gasteiger partial charge >= 0.3 is 0 Å². The summed E-state index contributed by atoms with van der Waals surface area (Å²) in [5.41, 5.74) is 8.82. The summed E-state index contributed by atoms with van der Waals surface area (Å²) >= 11 is 0. The van der Waals surface area contributed by atoms with Gasteiger partial charge in [0.1, 0.15) is 35.2 Å². The Kier molecular flexibility index (Phi) is 5.19. The number of halogens is 3. The molecule has 1 aliphatic heterocycles. The number of hydrogen-bond donors (Lipinski definition) is 1. The van der Waals surface area contributed by atoms with E-state index in [1.807, 2.05) is 10.8 Å². The highest BCUT2D eigenvalue weighted by molar-refractivity contribution is 6.02. The number of ether oxygens (including phenoxy) is 1. The van der Waals surface area contributed by atoms with Crippen LogP contribution in [-0.2, 0) is 17.7 Å². The maximum Gasteiger partial charge on any atom is 0.146 e. The Hall–Kier alpha value is -3.98. The maximum absolute atomic E-state index is 15.9. The molecule has 0 bridgehead atoms. The third-order valence-corrected chi connectivity index (χ3v) is 6.63. The number of rotatable bonds is 5. The number of pyridine rings is 1. The molecule has 9 heteroatoms. The van der Waals surface area contributed by atoms with Crippen LogP contribution in [-0.4, -0.2) is 32.7 Å². The second-order valence-electron chi connectivity index (χ2n) is 9.71. The lowest BCUT2D eigenvalue weighted by Gasteiger charge is -2.38. The molecule has 0 unspecified atom stereocenters. The molecule has 0 atom stereocenters. The van der Waals surface area contributed by atoms with Crippen LogP contribution in [0.25, 0.3) is 32.9 Å². The smallest absolute Gasteiger partial charge is 0.146 e. The minimum absolute atomic E-state index is 0.0320. The first-order valence-electron chi connectivity index (χ1n) is 11.5. The molecule has 1 aliphatic rings. The van der Waals surface area contributed by atoms with Crippen LogP contribution in [0.3, 0.4) is 0 Å². The lowest BCUT2D eigenvalue weighted by molar-refractivity contribution is -0.109. The molecular formula is C27H22F3N5O. The highest BCUT2D eigenvalue weighted by Gasteiger charge is 2.34. The van der Waals surface area contributed by atoms with E-state index in [0.717, 1.165) is 6.07 Å². The summed E-state index contributed by atoms with van der Waals surface area (Å²) in [6.07, 6.45) is 4.94. The van der Waals surface area contributed by atoms with Gasteiger partial charge in [-0.15, -0.1) is 0 Å². The largest absolute Gasteiger partial charge is 0.383 e. The van der Waals surface area contributed by atoms with Crippen molar-refractivity contribution in [1.29, 1.82) is 0 Å². The fourth-order valence-corrected chi connectivity index (χ4v) is 4.88. The monoisotopic (exact) mass is 489 g/mol. The van der Waals surface area contributed by atoms with E-state index in [-0.39, 0.29) is 17.7 Å². The minimum Gasteiger partial charge on any atom is -0.383 e. The molecule has 0 amide bonds. The van der Waals surface area contributed by atoms with Crippen molar-refractivity contribution in [3.63, 3.8) is 0 Å². The summed E-state index contributed by atoms with van der Waals surface area (Å²) in [5.74, 6) is -1.46. The van der Waals surface area contributed by atoms with E-state index in [9.17, 15) is 8.78 Å². The zero-order valence-electron chi connectivity index (χ0n) is 19.4. The first-order chi connectivity index (χ1) is 17.3. The van der Waals surface area contributed by atoms with Crippen LogP contribution in [0.2, 0.25) is 0 Å². The van der Waals surface area contributed by atoms with Crippen molar-refractivity contribution < 1.29 is 17.9 Å². The molecule has 1 fully saturated rings. The first-order valence-corrected chi connectivity index (χ1v) is 11.5. The molecule has 5 aromatic rings. The fraction of sp³-hybridized carbons (Fsp3) is 0.222. The number of hydrogen-bond acceptors (Lipinski definition) is 5. The quantitative estimate of drug-likeness (QED) is 0.364. The molecule has 3 aromatic heterocycles. The van der Waals surface area contributed by atoms with Crippen molar-refractivity contribution in [3.8, 4) is 11.1 Å². The van der Waals surface area contributed by atoms with Crippen LogP contribution in [0.5, 0.6) is 0 Å². The van der Waals surface area contributed by atoms with Crippen LogP contribution in [0.1, 0.15) is 18.2 Å². The van der Waals surface area contributed by atoms with Gasteiger partial charge in [-0.05, 0) is 29.1 Å². The fourth-order valence-electron chi connectivity index (χ4n) is 4.88. The van der Waals surface area contributed by atoms with Gasteiger partial charge in [-0.1, -0.05) is 19.1 Å². The Balaban J connectivity index is 1.42. The highest BCUT2D eigenvalue weighted by atomic mass is 19.1. The van der Waals surface area contributed by atoms with Gasteiger partial charge in [-0.3, -0.25) is 4.98 Å². The summed E-state index contributed by atoms with van der Waals surface area (Å²) in [6, 6.07) is 8.57. The van der Waals surface area contributed by atoms with Crippen molar-refractivity contribution in [2.45, 2.75) is 19.9 Å². The average Bonchev–Trinajstić information content (AvgIpc) is 3.17. The molecule has 0 spiro atoms. The molecule has 182 valence electrons. The number of aromatic nitrogens is 4. The number of nitrogens with zero attached hydrogens (tertiary/aromatic N) is 4. The van der Waals surface area contributed by atoms with Crippen molar-refractivity contribution in [3.05, 3.63) is 83.8 Å². The summed E-state index contributed by atoms with van der Waals surface area (Å²) in [5, 5.41) is 1.56. The van der Waals surface area contributed by atoms with Crippen LogP contribution >= 0.6 is 0 Å². The molecule has 6 nitrogen and oxygen atoms in total. The van der Waals surface area contributed by atoms with Gasteiger partial charge in [-0.2, -0.15) is 0 Å². The number of benzene rings is 2. The summed E-state index contributed by atoms with van der Waals surface area (Å²) < 4.78 is 50.3. The van der Waals surface area contributed by atoms with Gasteiger partial charge < -0.3 is 15.0 Å². The van der Waals surface area contributed by atoms with Gasteiger partial charge in [0.25, 0.3) is 0 Å². The zero-order valence-corrected chi connectivity index (χ0v) is 19.4. The Morgan fingerprint density at radius 2 is 1.78 bits per heavy atom. The first kappa shape index (κ1) is 22.5. The van der Waals surface area contributed by atoms with Gasteiger partial charge in [-0.25, -0.2) is 23.1 Å². The van der Waals surface area contributed by atoms with Crippen molar-refractivity contribution in [1.82, 2.24) is 19.5 Å². The molecular weight excluding hydrogens is 467 g/mol. The summed E-state index contributed by atoms with van der Waals surface area (Å²) in [4.78, 5) is 12.9. The second-order valence-corrected chi connectivity index (χ2v) is 9.71. The maximum atomic E-state index is 15.9. The molecule has 2 N–H and O–H groups in total. The molecule has 6 rings (SSSR count). The van der Waals surface area contributed by atoms with E-state index in [0.29, 0.717) is 63.9 Å². The van der Waals surface area contributed by atoms with Crippen LogP contribution in [0, 0.1) is 22.9 Å². The number of anilines is 1. The molecule has 0 saturated carbocycles. The van der Waals surface area contributed by atoms with E-state index >= 15 is 4.39 Å². The van der Waals surface area contributed by atoms with E-state index in [1.54, 1.807) is 18.2 Å². The Labute approximate surface area is 204 Å². The lowest BCUT2D eigenvalue weighted by atomic mass is 9.89. The highest BCUT2D eigenvalue weighted by Crippen LogP contribution is 2.38. The molecule has 2 aromatic carbocycles. The molecule has 1 saturated heterocycles. The van der Waals surface area contributed by atoms with Crippen LogP contribution in [0.15, 0.2) is 55.1 Å². The second kappa shape index (κ2) is 8.30. The van der Waals surface area contributed by atoms with Crippen LogP contribution in [0.4, 0.5) is 19.0 Å². The topological polar surface area (TPSA) is 78.9 Å². The Morgan fingerprint density at radius 3 is 2.50 bits per heavy atom. The Morgan fingerprint density at radius 1 is 1.00 bits per heavy atom.